The normalized spacial score (nSPS) is 11.0. The molecule has 2 rings (SSSR count). The van der Waals surface area contributed by atoms with Crippen molar-refractivity contribution in [1.82, 2.24) is 14.3 Å². The Labute approximate surface area is 143 Å². The Bertz CT molecular complexity index is 755. The second-order valence-electron chi connectivity index (χ2n) is 5.32. The van der Waals surface area contributed by atoms with Crippen LogP contribution < -0.4 is 0 Å². The Kier molecular flexibility index (Phi) is 5.41. The Hall–Kier alpha value is -1.89. The first kappa shape index (κ1) is 17.5. The minimum Gasteiger partial charge on any atom is -0.481 e. The SMILES string of the molecule is CCc1nc2c(C)cc(Br)cn2c1C(=O)N(CC)CCC(=O)O. The van der Waals surface area contributed by atoms with Gasteiger partial charge in [0.15, 0.2) is 0 Å². The third-order valence-corrected chi connectivity index (χ3v) is 4.18. The number of amides is 1. The fourth-order valence-electron chi connectivity index (χ4n) is 2.57. The summed E-state index contributed by atoms with van der Waals surface area (Å²) >= 11 is 3.45. The lowest BCUT2D eigenvalue weighted by Gasteiger charge is -2.20. The lowest BCUT2D eigenvalue weighted by atomic mass is 10.2. The van der Waals surface area contributed by atoms with Gasteiger partial charge in [0.25, 0.3) is 5.91 Å². The van der Waals surface area contributed by atoms with Gasteiger partial charge in [-0.1, -0.05) is 6.92 Å². The molecule has 0 spiro atoms. The second kappa shape index (κ2) is 7.12. The number of carboxylic acid groups (broad SMARTS) is 1. The van der Waals surface area contributed by atoms with E-state index in [1.54, 1.807) is 9.30 Å². The van der Waals surface area contributed by atoms with Gasteiger partial charge < -0.3 is 10.0 Å². The monoisotopic (exact) mass is 381 g/mol. The quantitative estimate of drug-likeness (QED) is 0.834. The van der Waals surface area contributed by atoms with Gasteiger partial charge >= 0.3 is 5.97 Å². The molecule has 6 nitrogen and oxygen atoms in total. The zero-order valence-electron chi connectivity index (χ0n) is 13.5. The summed E-state index contributed by atoms with van der Waals surface area (Å²) in [6.45, 7) is 6.39. The largest absolute Gasteiger partial charge is 0.481 e. The van der Waals surface area contributed by atoms with E-state index in [0.717, 1.165) is 21.4 Å². The number of carbonyl (C=O) groups excluding carboxylic acids is 1. The average molecular weight is 382 g/mol. The maximum absolute atomic E-state index is 12.9. The van der Waals surface area contributed by atoms with E-state index in [-0.39, 0.29) is 18.9 Å². The Morgan fingerprint density at radius 1 is 1.39 bits per heavy atom. The maximum atomic E-state index is 12.9. The van der Waals surface area contributed by atoms with Crippen LogP contribution >= 0.6 is 15.9 Å². The Balaban J connectivity index is 2.51. The van der Waals surface area contributed by atoms with E-state index in [9.17, 15) is 9.59 Å². The first-order valence-corrected chi connectivity index (χ1v) is 8.36. The molecule has 0 saturated carbocycles. The highest BCUT2D eigenvalue weighted by Gasteiger charge is 2.24. The summed E-state index contributed by atoms with van der Waals surface area (Å²) in [6.07, 6.45) is 2.39. The summed E-state index contributed by atoms with van der Waals surface area (Å²) in [6, 6.07) is 1.96. The number of halogens is 1. The van der Waals surface area contributed by atoms with Crippen molar-refractivity contribution in [2.24, 2.45) is 0 Å². The van der Waals surface area contributed by atoms with Crippen LogP contribution in [0.15, 0.2) is 16.7 Å². The summed E-state index contributed by atoms with van der Waals surface area (Å²) in [5, 5.41) is 8.85. The average Bonchev–Trinajstić information content (AvgIpc) is 2.86. The highest BCUT2D eigenvalue weighted by atomic mass is 79.9. The number of aromatic nitrogens is 2. The summed E-state index contributed by atoms with van der Waals surface area (Å²) in [4.78, 5) is 29.8. The van der Waals surface area contributed by atoms with Crippen LogP contribution in [0.1, 0.15) is 42.0 Å². The fourth-order valence-corrected chi connectivity index (χ4v) is 3.12. The van der Waals surface area contributed by atoms with Gasteiger partial charge in [0.05, 0.1) is 12.1 Å². The minimum atomic E-state index is -0.913. The van der Waals surface area contributed by atoms with E-state index in [4.69, 9.17) is 5.11 Å². The van der Waals surface area contributed by atoms with Gasteiger partial charge in [-0.3, -0.25) is 14.0 Å². The summed E-state index contributed by atoms with van der Waals surface area (Å²) in [7, 11) is 0. The Morgan fingerprint density at radius 3 is 2.65 bits per heavy atom. The van der Waals surface area contributed by atoms with Crippen molar-refractivity contribution in [2.75, 3.05) is 13.1 Å². The summed E-state index contributed by atoms with van der Waals surface area (Å²) < 4.78 is 2.66. The number of aryl methyl sites for hydroxylation is 2. The van der Waals surface area contributed by atoms with Crippen LogP contribution in [0.25, 0.3) is 5.65 Å². The van der Waals surface area contributed by atoms with Crippen LogP contribution in [0.5, 0.6) is 0 Å². The van der Waals surface area contributed by atoms with Crippen molar-refractivity contribution in [3.8, 4) is 0 Å². The standard InChI is InChI=1S/C16H20BrN3O3/c1-4-12-14(16(23)19(5-2)7-6-13(21)22)20-9-11(17)8-10(3)15(20)18-12/h8-9H,4-7H2,1-3H3,(H,21,22). The van der Waals surface area contributed by atoms with Gasteiger partial charge in [0.2, 0.25) is 0 Å². The molecule has 0 aliphatic carbocycles. The molecule has 0 radical (unpaired) electrons. The van der Waals surface area contributed by atoms with Gasteiger partial charge in [0.1, 0.15) is 11.3 Å². The predicted molar refractivity (Wildman–Crippen MR) is 90.8 cm³/mol. The first-order chi connectivity index (χ1) is 10.9. The predicted octanol–water partition coefficient (Wildman–Crippen LogP) is 2.90. The van der Waals surface area contributed by atoms with Crippen molar-refractivity contribution < 1.29 is 14.7 Å². The Morgan fingerprint density at radius 2 is 2.09 bits per heavy atom. The molecule has 2 aromatic heterocycles. The number of fused-ring (bicyclic) bond motifs is 1. The van der Waals surface area contributed by atoms with Crippen LogP contribution in [-0.2, 0) is 11.2 Å². The second-order valence-corrected chi connectivity index (χ2v) is 6.24. The number of carbonyl (C=O) groups is 2. The lowest BCUT2D eigenvalue weighted by molar-refractivity contribution is -0.137. The van der Waals surface area contributed by atoms with Crippen LogP contribution in [-0.4, -0.2) is 44.4 Å². The van der Waals surface area contributed by atoms with Crippen LogP contribution in [0.2, 0.25) is 0 Å². The van der Waals surface area contributed by atoms with Gasteiger partial charge in [-0.15, -0.1) is 0 Å². The highest BCUT2D eigenvalue weighted by Crippen LogP contribution is 2.22. The number of hydrogen-bond acceptors (Lipinski definition) is 3. The first-order valence-electron chi connectivity index (χ1n) is 7.57. The van der Waals surface area contributed by atoms with E-state index in [1.165, 1.54) is 0 Å². The van der Waals surface area contributed by atoms with Crippen molar-refractivity contribution >= 4 is 33.5 Å². The van der Waals surface area contributed by atoms with Gasteiger partial charge in [0, 0.05) is 23.8 Å². The number of nitrogens with zero attached hydrogens (tertiary/aromatic N) is 3. The molecule has 0 aliphatic heterocycles. The van der Waals surface area contributed by atoms with Gasteiger partial charge in [-0.25, -0.2) is 4.98 Å². The zero-order valence-corrected chi connectivity index (χ0v) is 15.1. The van der Waals surface area contributed by atoms with Crippen molar-refractivity contribution in [3.05, 3.63) is 33.7 Å². The molecule has 7 heteroatoms. The van der Waals surface area contributed by atoms with E-state index in [2.05, 4.69) is 20.9 Å². The number of imidazole rings is 1. The van der Waals surface area contributed by atoms with Crippen LogP contribution in [0.4, 0.5) is 0 Å². The molecule has 1 amide bonds. The van der Waals surface area contributed by atoms with Crippen molar-refractivity contribution in [3.63, 3.8) is 0 Å². The molecular formula is C16H20BrN3O3. The number of rotatable bonds is 6. The molecule has 0 aliphatic rings. The molecule has 0 unspecified atom stereocenters. The van der Waals surface area contributed by atoms with E-state index < -0.39 is 5.97 Å². The van der Waals surface area contributed by atoms with Crippen LogP contribution in [0.3, 0.4) is 0 Å². The van der Waals surface area contributed by atoms with Crippen molar-refractivity contribution in [2.45, 2.75) is 33.6 Å². The maximum Gasteiger partial charge on any atom is 0.305 e. The zero-order chi connectivity index (χ0) is 17.1. The topological polar surface area (TPSA) is 74.9 Å². The van der Waals surface area contributed by atoms with Crippen LogP contribution in [0, 0.1) is 6.92 Å². The van der Waals surface area contributed by atoms with Crippen molar-refractivity contribution in [1.29, 1.82) is 0 Å². The smallest absolute Gasteiger partial charge is 0.305 e. The lowest BCUT2D eigenvalue weighted by Crippen LogP contribution is -2.34. The minimum absolute atomic E-state index is 0.0690. The molecule has 1 N–H and O–H groups in total. The molecule has 2 heterocycles. The fraction of sp³-hybridized carbons (Fsp3) is 0.438. The number of hydrogen-bond donors (Lipinski definition) is 1. The number of aliphatic carboxylic acids is 1. The third kappa shape index (κ3) is 3.55. The molecule has 2 aromatic rings. The molecule has 0 atom stereocenters. The highest BCUT2D eigenvalue weighted by molar-refractivity contribution is 9.10. The van der Waals surface area contributed by atoms with Gasteiger partial charge in [-0.2, -0.15) is 0 Å². The molecule has 0 bridgehead atoms. The van der Waals surface area contributed by atoms with E-state index in [0.29, 0.717) is 18.7 Å². The summed E-state index contributed by atoms with van der Waals surface area (Å²) in [5.74, 6) is -1.10. The molecular weight excluding hydrogens is 362 g/mol. The number of pyridine rings is 1. The molecule has 0 fully saturated rings. The van der Waals surface area contributed by atoms with Gasteiger partial charge in [-0.05, 0) is 47.8 Å². The summed E-state index contributed by atoms with van der Waals surface area (Å²) in [5.41, 5.74) is 2.97. The van der Waals surface area contributed by atoms with E-state index in [1.807, 2.05) is 33.0 Å². The van der Waals surface area contributed by atoms with E-state index >= 15 is 0 Å². The molecule has 23 heavy (non-hydrogen) atoms. The number of carboxylic acids is 1. The molecule has 0 aromatic carbocycles. The molecule has 0 saturated heterocycles. The third-order valence-electron chi connectivity index (χ3n) is 3.74. The molecule has 124 valence electrons.